The second-order valence-electron chi connectivity index (χ2n) is 4.68. The SMILES string of the molecule is CCNC(Cc1cccc(Cl)c1F)c1ccc(CC)o1. The Kier molecular flexibility index (Phi) is 5.21. The predicted octanol–water partition coefficient (Wildman–Crippen LogP) is 4.53. The van der Waals surface area contributed by atoms with Crippen LogP contribution >= 0.6 is 11.6 Å². The Bertz CT molecular complexity index is 567. The van der Waals surface area contributed by atoms with Crippen molar-refractivity contribution in [3.63, 3.8) is 0 Å². The molecular formula is C16H19ClFNO. The Balaban J connectivity index is 2.23. The zero-order valence-electron chi connectivity index (χ0n) is 11.7. The average molecular weight is 296 g/mol. The van der Waals surface area contributed by atoms with Crippen molar-refractivity contribution >= 4 is 11.6 Å². The van der Waals surface area contributed by atoms with Crippen LogP contribution in [0.1, 0.15) is 37.0 Å². The van der Waals surface area contributed by atoms with E-state index in [2.05, 4.69) is 5.32 Å². The number of hydrogen-bond acceptors (Lipinski definition) is 2. The molecule has 0 aliphatic carbocycles. The van der Waals surface area contributed by atoms with Gasteiger partial charge in [-0.05, 0) is 36.7 Å². The topological polar surface area (TPSA) is 25.2 Å². The largest absolute Gasteiger partial charge is 0.464 e. The molecule has 0 amide bonds. The van der Waals surface area contributed by atoms with E-state index in [1.54, 1.807) is 18.2 Å². The van der Waals surface area contributed by atoms with Gasteiger partial charge in [-0.15, -0.1) is 0 Å². The minimum absolute atomic E-state index is 0.0479. The molecule has 2 rings (SSSR count). The second kappa shape index (κ2) is 6.91. The molecule has 108 valence electrons. The Hall–Kier alpha value is -1.32. The number of halogens is 2. The minimum atomic E-state index is -0.348. The first-order chi connectivity index (χ1) is 9.65. The van der Waals surface area contributed by atoms with Gasteiger partial charge >= 0.3 is 0 Å². The van der Waals surface area contributed by atoms with Crippen molar-refractivity contribution in [2.45, 2.75) is 32.7 Å². The van der Waals surface area contributed by atoms with Gasteiger partial charge in [-0.2, -0.15) is 0 Å². The molecule has 1 atom stereocenters. The van der Waals surface area contributed by atoms with Gasteiger partial charge < -0.3 is 9.73 Å². The van der Waals surface area contributed by atoms with Crippen molar-refractivity contribution in [2.75, 3.05) is 6.54 Å². The summed E-state index contributed by atoms with van der Waals surface area (Å²) in [6.45, 7) is 4.85. The van der Waals surface area contributed by atoms with Crippen molar-refractivity contribution in [3.05, 3.63) is 58.3 Å². The maximum absolute atomic E-state index is 14.0. The molecule has 2 aromatic rings. The van der Waals surface area contributed by atoms with Gasteiger partial charge in [0, 0.05) is 6.42 Å². The van der Waals surface area contributed by atoms with E-state index >= 15 is 0 Å². The van der Waals surface area contributed by atoms with Gasteiger partial charge in [0.2, 0.25) is 0 Å². The molecule has 0 aliphatic heterocycles. The van der Waals surface area contributed by atoms with Crippen molar-refractivity contribution in [1.29, 1.82) is 0 Å². The third-order valence-corrected chi connectivity index (χ3v) is 3.57. The molecule has 0 radical (unpaired) electrons. The summed E-state index contributed by atoms with van der Waals surface area (Å²) in [6, 6.07) is 8.96. The van der Waals surface area contributed by atoms with Crippen LogP contribution in [0.3, 0.4) is 0 Å². The summed E-state index contributed by atoms with van der Waals surface area (Å²) in [5, 5.41) is 3.49. The van der Waals surface area contributed by atoms with Gasteiger partial charge in [-0.25, -0.2) is 4.39 Å². The van der Waals surface area contributed by atoms with Crippen LogP contribution in [0, 0.1) is 5.82 Å². The molecule has 0 bridgehead atoms. The highest BCUT2D eigenvalue weighted by atomic mass is 35.5. The smallest absolute Gasteiger partial charge is 0.145 e. The molecule has 0 fully saturated rings. The summed E-state index contributed by atoms with van der Waals surface area (Å²) in [6.07, 6.45) is 1.36. The second-order valence-corrected chi connectivity index (χ2v) is 5.09. The molecule has 1 unspecified atom stereocenters. The van der Waals surface area contributed by atoms with E-state index < -0.39 is 0 Å². The fraction of sp³-hybridized carbons (Fsp3) is 0.375. The molecule has 1 heterocycles. The summed E-state index contributed by atoms with van der Waals surface area (Å²) < 4.78 is 19.8. The van der Waals surface area contributed by atoms with Crippen LogP contribution in [-0.4, -0.2) is 6.54 Å². The molecule has 0 aliphatic rings. The molecule has 1 N–H and O–H groups in total. The average Bonchev–Trinajstić information content (AvgIpc) is 2.92. The molecule has 2 nitrogen and oxygen atoms in total. The molecule has 0 spiro atoms. The summed E-state index contributed by atoms with van der Waals surface area (Å²) in [4.78, 5) is 0. The van der Waals surface area contributed by atoms with Crippen LogP contribution < -0.4 is 5.32 Å². The van der Waals surface area contributed by atoms with Gasteiger partial charge in [0.15, 0.2) is 0 Å². The quantitative estimate of drug-likeness (QED) is 0.847. The van der Waals surface area contributed by atoms with E-state index in [1.165, 1.54) is 0 Å². The van der Waals surface area contributed by atoms with Crippen molar-refractivity contribution in [3.8, 4) is 0 Å². The Morgan fingerprint density at radius 1 is 1.25 bits per heavy atom. The zero-order chi connectivity index (χ0) is 14.5. The maximum atomic E-state index is 14.0. The number of aryl methyl sites for hydroxylation is 1. The molecule has 0 saturated carbocycles. The fourth-order valence-electron chi connectivity index (χ4n) is 2.22. The monoisotopic (exact) mass is 295 g/mol. The number of rotatable bonds is 6. The predicted molar refractivity (Wildman–Crippen MR) is 79.6 cm³/mol. The Morgan fingerprint density at radius 2 is 2.05 bits per heavy atom. The molecule has 0 saturated heterocycles. The normalized spacial score (nSPS) is 12.6. The number of furan rings is 1. The molecule has 4 heteroatoms. The third-order valence-electron chi connectivity index (χ3n) is 3.28. The first kappa shape index (κ1) is 15.1. The van der Waals surface area contributed by atoms with Crippen LogP contribution in [0.4, 0.5) is 4.39 Å². The van der Waals surface area contributed by atoms with Crippen LogP contribution in [0.5, 0.6) is 0 Å². The lowest BCUT2D eigenvalue weighted by Crippen LogP contribution is -2.23. The third kappa shape index (κ3) is 3.41. The highest BCUT2D eigenvalue weighted by Gasteiger charge is 2.18. The molecular weight excluding hydrogens is 277 g/mol. The maximum Gasteiger partial charge on any atom is 0.145 e. The van der Waals surface area contributed by atoms with Crippen LogP contribution in [0.2, 0.25) is 5.02 Å². The summed E-state index contributed by atoms with van der Waals surface area (Å²) in [7, 11) is 0. The molecule has 20 heavy (non-hydrogen) atoms. The highest BCUT2D eigenvalue weighted by Crippen LogP contribution is 2.25. The molecule has 1 aromatic carbocycles. The first-order valence-electron chi connectivity index (χ1n) is 6.90. The highest BCUT2D eigenvalue weighted by molar-refractivity contribution is 6.30. The van der Waals surface area contributed by atoms with Crippen molar-refractivity contribution in [2.24, 2.45) is 0 Å². The summed E-state index contributed by atoms with van der Waals surface area (Å²) >= 11 is 5.83. The van der Waals surface area contributed by atoms with Gasteiger partial charge in [-0.1, -0.05) is 37.6 Å². The number of likely N-dealkylation sites (N-methyl/N-ethyl adjacent to an activating group) is 1. The summed E-state index contributed by atoms with van der Waals surface area (Å²) in [5.74, 6) is 1.43. The van der Waals surface area contributed by atoms with Gasteiger partial charge in [-0.3, -0.25) is 0 Å². The first-order valence-corrected chi connectivity index (χ1v) is 7.28. The molecule has 1 aromatic heterocycles. The van der Waals surface area contributed by atoms with E-state index in [-0.39, 0.29) is 16.9 Å². The van der Waals surface area contributed by atoms with E-state index in [4.69, 9.17) is 16.0 Å². The fourth-order valence-corrected chi connectivity index (χ4v) is 2.41. The van der Waals surface area contributed by atoms with E-state index in [9.17, 15) is 4.39 Å². The minimum Gasteiger partial charge on any atom is -0.464 e. The van der Waals surface area contributed by atoms with Gasteiger partial charge in [0.25, 0.3) is 0 Å². The number of hydrogen-bond donors (Lipinski definition) is 1. The van der Waals surface area contributed by atoms with E-state index in [0.29, 0.717) is 12.0 Å². The number of benzene rings is 1. The Morgan fingerprint density at radius 3 is 2.70 bits per heavy atom. The van der Waals surface area contributed by atoms with Crippen LogP contribution in [0.25, 0.3) is 0 Å². The van der Waals surface area contributed by atoms with Crippen LogP contribution in [0.15, 0.2) is 34.7 Å². The lowest BCUT2D eigenvalue weighted by atomic mass is 10.0. The van der Waals surface area contributed by atoms with Gasteiger partial charge in [0.05, 0.1) is 11.1 Å². The lowest BCUT2D eigenvalue weighted by molar-refractivity contribution is 0.394. The van der Waals surface area contributed by atoms with Crippen LogP contribution in [-0.2, 0) is 12.8 Å². The Labute approximate surface area is 123 Å². The zero-order valence-corrected chi connectivity index (χ0v) is 12.5. The summed E-state index contributed by atoms with van der Waals surface area (Å²) in [5.41, 5.74) is 0.595. The number of nitrogens with one attached hydrogen (secondary N) is 1. The van der Waals surface area contributed by atoms with E-state index in [0.717, 1.165) is 24.5 Å². The van der Waals surface area contributed by atoms with Crippen molar-refractivity contribution < 1.29 is 8.81 Å². The van der Waals surface area contributed by atoms with Gasteiger partial charge in [0.1, 0.15) is 17.3 Å². The van der Waals surface area contributed by atoms with E-state index in [1.807, 2.05) is 26.0 Å². The lowest BCUT2D eigenvalue weighted by Gasteiger charge is -2.16. The standard InChI is InChI=1S/C16H19ClFNO/c1-3-12-8-9-15(20-12)14(19-4-2)10-11-6-5-7-13(17)16(11)18/h5-9,14,19H,3-4,10H2,1-2H3. The van der Waals surface area contributed by atoms with Crippen molar-refractivity contribution in [1.82, 2.24) is 5.32 Å².